The summed E-state index contributed by atoms with van der Waals surface area (Å²) in [5.41, 5.74) is 0. The molecule has 2 atom stereocenters. The zero-order chi connectivity index (χ0) is 10.4. The van der Waals surface area contributed by atoms with E-state index < -0.39 is 0 Å². The highest BCUT2D eigenvalue weighted by atomic mass is 16.5. The van der Waals surface area contributed by atoms with E-state index in [4.69, 9.17) is 4.74 Å². The molecule has 1 aliphatic heterocycles. The quantitative estimate of drug-likeness (QED) is 0.484. The van der Waals surface area contributed by atoms with E-state index in [0.717, 1.165) is 12.8 Å². The zero-order valence-electron chi connectivity index (χ0n) is 9.42. The highest BCUT2D eigenvalue weighted by Gasteiger charge is 2.32. The van der Waals surface area contributed by atoms with E-state index >= 15 is 0 Å². The van der Waals surface area contributed by atoms with E-state index in [-0.39, 0.29) is 11.9 Å². The van der Waals surface area contributed by atoms with Gasteiger partial charge < -0.3 is 4.74 Å². The Bertz CT molecular complexity index is 177. The molecule has 0 amide bonds. The summed E-state index contributed by atoms with van der Waals surface area (Å²) >= 11 is 0. The van der Waals surface area contributed by atoms with Gasteiger partial charge in [-0.15, -0.1) is 0 Å². The van der Waals surface area contributed by atoms with Gasteiger partial charge in [0.2, 0.25) is 0 Å². The molecule has 0 aliphatic carbocycles. The molecule has 0 aromatic heterocycles. The van der Waals surface area contributed by atoms with Crippen molar-refractivity contribution in [1.29, 1.82) is 0 Å². The molecule has 2 nitrogen and oxygen atoms in total. The molecule has 0 aromatic rings. The third kappa shape index (κ3) is 3.00. The van der Waals surface area contributed by atoms with Crippen molar-refractivity contribution in [2.24, 2.45) is 11.8 Å². The van der Waals surface area contributed by atoms with Crippen LogP contribution in [0, 0.1) is 11.8 Å². The van der Waals surface area contributed by atoms with Gasteiger partial charge in [-0.2, -0.15) is 0 Å². The minimum absolute atomic E-state index is 0.0494. The summed E-state index contributed by atoms with van der Waals surface area (Å²) in [6.45, 7) is 5.04. The van der Waals surface area contributed by atoms with E-state index in [2.05, 4.69) is 13.8 Å². The van der Waals surface area contributed by atoms with Crippen molar-refractivity contribution in [3.63, 3.8) is 0 Å². The second-order valence-corrected chi connectivity index (χ2v) is 4.23. The molecule has 2 unspecified atom stereocenters. The fourth-order valence-corrected chi connectivity index (χ4v) is 2.29. The normalized spacial score (nSPS) is 23.6. The molecule has 2 heteroatoms. The van der Waals surface area contributed by atoms with Crippen LogP contribution in [0.3, 0.4) is 0 Å². The van der Waals surface area contributed by atoms with E-state index in [1.54, 1.807) is 0 Å². The fraction of sp³-hybridized carbons (Fsp3) is 0.917. The molecule has 82 valence electrons. The summed E-state index contributed by atoms with van der Waals surface area (Å²) in [7, 11) is 0. The molecule has 0 bridgehead atoms. The second-order valence-electron chi connectivity index (χ2n) is 4.23. The summed E-state index contributed by atoms with van der Waals surface area (Å²) in [6, 6.07) is 0. The van der Waals surface area contributed by atoms with Crippen LogP contribution >= 0.6 is 0 Å². The second kappa shape index (κ2) is 6.05. The van der Waals surface area contributed by atoms with Gasteiger partial charge in [-0.3, -0.25) is 4.79 Å². The lowest BCUT2D eigenvalue weighted by Crippen LogP contribution is -2.18. The van der Waals surface area contributed by atoms with Crippen LogP contribution < -0.4 is 0 Å². The van der Waals surface area contributed by atoms with Crippen molar-refractivity contribution in [3.05, 3.63) is 0 Å². The highest BCUT2D eigenvalue weighted by molar-refractivity contribution is 5.74. The Morgan fingerprint density at radius 2 is 2.21 bits per heavy atom. The molecule has 0 N–H and O–H groups in total. The maximum Gasteiger partial charge on any atom is 0.309 e. The van der Waals surface area contributed by atoms with Crippen molar-refractivity contribution in [2.45, 2.75) is 52.4 Å². The van der Waals surface area contributed by atoms with E-state index in [0.29, 0.717) is 12.5 Å². The monoisotopic (exact) mass is 198 g/mol. The van der Waals surface area contributed by atoms with Gasteiger partial charge in [0.1, 0.15) is 0 Å². The van der Waals surface area contributed by atoms with Crippen LogP contribution in [-0.2, 0) is 9.53 Å². The Morgan fingerprint density at radius 3 is 2.71 bits per heavy atom. The summed E-state index contributed by atoms with van der Waals surface area (Å²) in [6.07, 6.45) is 7.07. The van der Waals surface area contributed by atoms with E-state index in [9.17, 15) is 4.79 Å². The van der Waals surface area contributed by atoms with Gasteiger partial charge in [0, 0.05) is 0 Å². The van der Waals surface area contributed by atoms with Crippen LogP contribution in [0.15, 0.2) is 0 Å². The Morgan fingerprint density at radius 1 is 1.43 bits per heavy atom. The molecule has 0 saturated carbocycles. The smallest absolute Gasteiger partial charge is 0.309 e. The molecule has 0 aromatic carbocycles. The number of carbonyl (C=O) groups is 1. The number of cyclic esters (lactones) is 1. The number of esters is 1. The molecule has 1 saturated heterocycles. The molecule has 1 fully saturated rings. The zero-order valence-corrected chi connectivity index (χ0v) is 9.42. The largest absolute Gasteiger partial charge is 0.465 e. The average molecular weight is 198 g/mol. The Hall–Kier alpha value is -0.530. The summed E-state index contributed by atoms with van der Waals surface area (Å²) in [4.78, 5) is 11.4. The number of rotatable bonds is 6. The van der Waals surface area contributed by atoms with Gasteiger partial charge in [0.15, 0.2) is 0 Å². The Balaban J connectivity index is 2.32. The van der Waals surface area contributed by atoms with Crippen molar-refractivity contribution in [3.8, 4) is 0 Å². The average Bonchev–Trinajstić information content (AvgIpc) is 2.60. The van der Waals surface area contributed by atoms with Gasteiger partial charge in [0.05, 0.1) is 12.5 Å². The highest BCUT2D eigenvalue weighted by Crippen LogP contribution is 2.29. The van der Waals surface area contributed by atoms with Crippen molar-refractivity contribution >= 4 is 5.97 Å². The molecular weight excluding hydrogens is 176 g/mol. The first-order valence-corrected chi connectivity index (χ1v) is 5.96. The minimum atomic E-state index is 0.0494. The van der Waals surface area contributed by atoms with Gasteiger partial charge in [-0.25, -0.2) is 0 Å². The van der Waals surface area contributed by atoms with Crippen LogP contribution in [0.1, 0.15) is 52.4 Å². The molecule has 0 radical (unpaired) electrons. The number of hydrogen-bond donors (Lipinski definition) is 0. The molecule has 1 heterocycles. The summed E-state index contributed by atoms with van der Waals surface area (Å²) in [5.74, 6) is 0.821. The standard InChI is InChI=1S/C12H22O2/c1-3-5-6-7-10(4-2)11-8-9-14-12(11)13/h10-11H,3-9H2,1-2H3. The number of unbranched alkanes of at least 4 members (excludes halogenated alkanes) is 2. The van der Waals surface area contributed by atoms with Crippen molar-refractivity contribution in [1.82, 2.24) is 0 Å². The lowest BCUT2D eigenvalue weighted by Gasteiger charge is -2.18. The van der Waals surface area contributed by atoms with E-state index in [1.165, 1.54) is 25.7 Å². The molecule has 0 spiro atoms. The minimum Gasteiger partial charge on any atom is -0.465 e. The number of carbonyl (C=O) groups excluding carboxylic acids is 1. The molecular formula is C12H22O2. The summed E-state index contributed by atoms with van der Waals surface area (Å²) in [5, 5.41) is 0. The Labute approximate surface area is 87.0 Å². The third-order valence-electron chi connectivity index (χ3n) is 3.25. The predicted molar refractivity (Wildman–Crippen MR) is 57.0 cm³/mol. The molecule has 14 heavy (non-hydrogen) atoms. The lowest BCUT2D eigenvalue weighted by molar-refractivity contribution is -0.142. The van der Waals surface area contributed by atoms with Crippen LogP contribution in [-0.4, -0.2) is 12.6 Å². The number of ether oxygens (including phenoxy) is 1. The van der Waals surface area contributed by atoms with E-state index in [1.807, 2.05) is 0 Å². The van der Waals surface area contributed by atoms with Gasteiger partial charge in [0.25, 0.3) is 0 Å². The van der Waals surface area contributed by atoms with Crippen LogP contribution in [0.25, 0.3) is 0 Å². The van der Waals surface area contributed by atoms with Crippen molar-refractivity contribution in [2.75, 3.05) is 6.61 Å². The molecule has 1 rings (SSSR count). The SMILES string of the molecule is CCCCCC(CC)C1CCOC1=O. The first-order valence-electron chi connectivity index (χ1n) is 5.96. The first kappa shape index (κ1) is 11.5. The van der Waals surface area contributed by atoms with Gasteiger partial charge in [-0.05, 0) is 18.8 Å². The predicted octanol–water partition coefficient (Wildman–Crippen LogP) is 3.16. The van der Waals surface area contributed by atoms with Gasteiger partial charge >= 0.3 is 5.97 Å². The van der Waals surface area contributed by atoms with Crippen LogP contribution in [0.2, 0.25) is 0 Å². The lowest BCUT2D eigenvalue weighted by atomic mass is 9.85. The van der Waals surface area contributed by atoms with Crippen molar-refractivity contribution < 1.29 is 9.53 Å². The third-order valence-corrected chi connectivity index (χ3v) is 3.25. The first-order chi connectivity index (χ1) is 6.79. The maximum atomic E-state index is 11.4. The summed E-state index contributed by atoms with van der Waals surface area (Å²) < 4.78 is 5.02. The van der Waals surface area contributed by atoms with Crippen LogP contribution in [0.4, 0.5) is 0 Å². The van der Waals surface area contributed by atoms with Crippen LogP contribution in [0.5, 0.6) is 0 Å². The topological polar surface area (TPSA) is 26.3 Å². The fourth-order valence-electron chi connectivity index (χ4n) is 2.29. The van der Waals surface area contributed by atoms with Gasteiger partial charge in [-0.1, -0.05) is 39.5 Å². The number of hydrogen-bond acceptors (Lipinski definition) is 2. The maximum absolute atomic E-state index is 11.4. The Kier molecular flexibility index (Phi) is 4.99. The molecule has 1 aliphatic rings.